The van der Waals surface area contributed by atoms with Crippen LogP contribution in [0.4, 0.5) is 0 Å². The molecule has 1 saturated heterocycles. The summed E-state index contributed by atoms with van der Waals surface area (Å²) in [5.41, 5.74) is 1.11. The summed E-state index contributed by atoms with van der Waals surface area (Å²) in [6.07, 6.45) is 1.60. The first-order chi connectivity index (χ1) is 13.1. The highest BCUT2D eigenvalue weighted by atomic mass is 32.1. The lowest BCUT2D eigenvalue weighted by Gasteiger charge is -2.31. The Morgan fingerprint density at radius 3 is 2.56 bits per heavy atom. The number of carbonyl (C=O) groups is 2. The summed E-state index contributed by atoms with van der Waals surface area (Å²) in [4.78, 5) is 27.9. The van der Waals surface area contributed by atoms with E-state index in [-0.39, 0.29) is 23.8 Å². The lowest BCUT2D eigenvalue weighted by Crippen LogP contribution is -2.44. The molecule has 0 aliphatic carbocycles. The van der Waals surface area contributed by atoms with Crippen LogP contribution in [0, 0.1) is 5.92 Å². The molecule has 0 radical (unpaired) electrons. The fourth-order valence-electron chi connectivity index (χ4n) is 3.38. The summed E-state index contributed by atoms with van der Waals surface area (Å²) in [5.74, 6) is 0.204. The molecule has 1 atom stereocenters. The summed E-state index contributed by atoms with van der Waals surface area (Å²) in [6, 6.07) is 14.0. The molecule has 2 aromatic rings. The van der Waals surface area contributed by atoms with E-state index in [1.165, 1.54) is 0 Å². The molecule has 2 heterocycles. The molecule has 1 aromatic carbocycles. The molecule has 1 unspecified atom stereocenters. The van der Waals surface area contributed by atoms with Crippen LogP contribution in [0.2, 0.25) is 0 Å². The maximum atomic E-state index is 12.4. The molecule has 27 heavy (non-hydrogen) atoms. The van der Waals surface area contributed by atoms with Crippen LogP contribution >= 0.6 is 11.3 Å². The maximum absolute atomic E-state index is 12.4. The Kier molecular flexibility index (Phi) is 7.01. The predicted octanol–water partition coefficient (Wildman–Crippen LogP) is 2.95. The first kappa shape index (κ1) is 19.6. The number of piperidine rings is 1. The van der Waals surface area contributed by atoms with Crippen molar-refractivity contribution in [2.24, 2.45) is 5.92 Å². The van der Waals surface area contributed by atoms with Gasteiger partial charge in [-0.15, -0.1) is 11.3 Å². The molecular weight excluding hydrogens is 358 g/mol. The third-order valence-electron chi connectivity index (χ3n) is 4.98. The van der Waals surface area contributed by atoms with Crippen molar-refractivity contribution in [2.45, 2.75) is 32.4 Å². The first-order valence-corrected chi connectivity index (χ1v) is 10.4. The number of carbonyl (C=O) groups excluding carboxylic acids is 2. The van der Waals surface area contributed by atoms with Crippen molar-refractivity contribution in [1.29, 1.82) is 0 Å². The van der Waals surface area contributed by atoms with E-state index in [0.29, 0.717) is 13.1 Å². The number of benzene rings is 1. The highest BCUT2D eigenvalue weighted by Gasteiger charge is 2.26. The summed E-state index contributed by atoms with van der Waals surface area (Å²) in [6.45, 7) is 4.54. The van der Waals surface area contributed by atoms with Crippen LogP contribution in [0.25, 0.3) is 0 Å². The van der Waals surface area contributed by atoms with Crippen LogP contribution in [0.15, 0.2) is 47.8 Å². The van der Waals surface area contributed by atoms with Gasteiger partial charge in [0, 0.05) is 17.3 Å². The standard InChI is InChI=1S/C21H27N3O2S/c1-16(19-8-5-13-27-19)23-20(25)15-24-11-9-18(10-12-24)21(26)22-14-17-6-3-2-4-7-17/h2-8,13,16,18H,9-12,14-15H2,1H3,(H,22,26)(H,23,25). The molecule has 1 aliphatic rings. The van der Waals surface area contributed by atoms with Crippen molar-refractivity contribution in [2.75, 3.05) is 19.6 Å². The number of hydrogen-bond donors (Lipinski definition) is 2. The fourth-order valence-corrected chi connectivity index (χ4v) is 4.12. The second kappa shape index (κ2) is 9.67. The van der Waals surface area contributed by atoms with Crippen LogP contribution in [-0.4, -0.2) is 36.3 Å². The minimum absolute atomic E-state index is 0.0399. The monoisotopic (exact) mass is 385 g/mol. The van der Waals surface area contributed by atoms with Crippen LogP contribution in [-0.2, 0) is 16.1 Å². The van der Waals surface area contributed by atoms with Gasteiger partial charge in [-0.05, 0) is 49.9 Å². The molecule has 2 N–H and O–H groups in total. The van der Waals surface area contributed by atoms with Crippen molar-refractivity contribution in [1.82, 2.24) is 15.5 Å². The number of nitrogens with one attached hydrogen (secondary N) is 2. The molecule has 1 aliphatic heterocycles. The minimum Gasteiger partial charge on any atom is -0.352 e. The predicted molar refractivity (Wildman–Crippen MR) is 108 cm³/mol. The van der Waals surface area contributed by atoms with E-state index in [4.69, 9.17) is 0 Å². The molecule has 1 fully saturated rings. The van der Waals surface area contributed by atoms with Gasteiger partial charge in [-0.1, -0.05) is 36.4 Å². The summed E-state index contributed by atoms with van der Waals surface area (Å²) < 4.78 is 0. The van der Waals surface area contributed by atoms with E-state index < -0.39 is 0 Å². The number of amides is 2. The molecule has 3 rings (SSSR count). The highest BCUT2D eigenvalue weighted by Crippen LogP contribution is 2.19. The Morgan fingerprint density at radius 2 is 1.89 bits per heavy atom. The van der Waals surface area contributed by atoms with Gasteiger partial charge in [-0.3, -0.25) is 14.5 Å². The largest absolute Gasteiger partial charge is 0.352 e. The van der Waals surface area contributed by atoms with Crippen LogP contribution in [0.3, 0.4) is 0 Å². The van der Waals surface area contributed by atoms with Gasteiger partial charge < -0.3 is 10.6 Å². The number of thiophene rings is 1. The average molecular weight is 386 g/mol. The summed E-state index contributed by atoms with van der Waals surface area (Å²) in [5, 5.41) is 8.10. The normalized spacial score (nSPS) is 16.6. The van der Waals surface area contributed by atoms with Gasteiger partial charge in [0.25, 0.3) is 0 Å². The lowest BCUT2D eigenvalue weighted by molar-refractivity contribution is -0.127. The van der Waals surface area contributed by atoms with Crippen molar-refractivity contribution < 1.29 is 9.59 Å². The zero-order chi connectivity index (χ0) is 19.1. The van der Waals surface area contributed by atoms with Crippen molar-refractivity contribution in [3.05, 3.63) is 58.3 Å². The topological polar surface area (TPSA) is 61.4 Å². The van der Waals surface area contributed by atoms with Gasteiger partial charge in [0.1, 0.15) is 0 Å². The number of rotatable bonds is 7. The zero-order valence-electron chi connectivity index (χ0n) is 15.7. The van der Waals surface area contributed by atoms with Gasteiger partial charge in [0.05, 0.1) is 12.6 Å². The Morgan fingerprint density at radius 1 is 1.15 bits per heavy atom. The lowest BCUT2D eigenvalue weighted by atomic mass is 9.96. The molecule has 5 nitrogen and oxygen atoms in total. The molecular formula is C21H27N3O2S. The Labute approximate surface area is 164 Å². The Balaban J connectivity index is 1.37. The SMILES string of the molecule is CC(NC(=O)CN1CCC(C(=O)NCc2ccccc2)CC1)c1cccs1. The van der Waals surface area contributed by atoms with Gasteiger partial charge in [-0.25, -0.2) is 0 Å². The summed E-state index contributed by atoms with van der Waals surface area (Å²) >= 11 is 1.65. The van der Waals surface area contributed by atoms with Crippen molar-refractivity contribution in [3.8, 4) is 0 Å². The number of likely N-dealkylation sites (tertiary alicyclic amines) is 1. The van der Waals surface area contributed by atoms with E-state index in [2.05, 4.69) is 15.5 Å². The maximum Gasteiger partial charge on any atom is 0.234 e. The third-order valence-corrected chi connectivity index (χ3v) is 6.04. The Bertz CT molecular complexity index is 725. The molecule has 144 valence electrons. The van der Waals surface area contributed by atoms with E-state index in [9.17, 15) is 9.59 Å². The molecule has 6 heteroatoms. The molecule has 0 bridgehead atoms. The molecule has 1 aromatic heterocycles. The average Bonchev–Trinajstić information content (AvgIpc) is 3.22. The quantitative estimate of drug-likeness (QED) is 0.770. The highest BCUT2D eigenvalue weighted by molar-refractivity contribution is 7.10. The van der Waals surface area contributed by atoms with Crippen molar-refractivity contribution >= 4 is 23.2 Å². The van der Waals surface area contributed by atoms with Gasteiger partial charge >= 0.3 is 0 Å². The Hall–Kier alpha value is -2.18. The first-order valence-electron chi connectivity index (χ1n) is 9.48. The van der Waals surface area contributed by atoms with Crippen LogP contribution in [0.5, 0.6) is 0 Å². The van der Waals surface area contributed by atoms with E-state index >= 15 is 0 Å². The van der Waals surface area contributed by atoms with E-state index in [1.807, 2.05) is 54.8 Å². The number of nitrogens with zero attached hydrogens (tertiary/aromatic N) is 1. The van der Waals surface area contributed by atoms with E-state index in [0.717, 1.165) is 36.4 Å². The second-order valence-corrected chi connectivity index (χ2v) is 8.04. The van der Waals surface area contributed by atoms with Gasteiger partial charge in [0.15, 0.2) is 0 Å². The minimum atomic E-state index is 0.0399. The number of hydrogen-bond acceptors (Lipinski definition) is 4. The van der Waals surface area contributed by atoms with Gasteiger partial charge in [0.2, 0.25) is 11.8 Å². The third kappa shape index (κ3) is 5.91. The van der Waals surface area contributed by atoms with Crippen LogP contribution in [0.1, 0.15) is 36.2 Å². The fraction of sp³-hybridized carbons (Fsp3) is 0.429. The zero-order valence-corrected chi connectivity index (χ0v) is 16.5. The summed E-state index contributed by atoms with van der Waals surface area (Å²) in [7, 11) is 0. The smallest absolute Gasteiger partial charge is 0.234 e. The van der Waals surface area contributed by atoms with Gasteiger partial charge in [-0.2, -0.15) is 0 Å². The van der Waals surface area contributed by atoms with Crippen molar-refractivity contribution in [3.63, 3.8) is 0 Å². The van der Waals surface area contributed by atoms with E-state index in [1.54, 1.807) is 11.3 Å². The molecule has 0 saturated carbocycles. The molecule has 0 spiro atoms. The second-order valence-electron chi connectivity index (χ2n) is 7.06. The van der Waals surface area contributed by atoms with Crippen LogP contribution < -0.4 is 10.6 Å². The molecule has 2 amide bonds.